The summed E-state index contributed by atoms with van der Waals surface area (Å²) in [6, 6.07) is 32.2. The Labute approximate surface area is 228 Å². The van der Waals surface area contributed by atoms with E-state index in [1.165, 1.54) is 18.2 Å². The summed E-state index contributed by atoms with van der Waals surface area (Å²) < 4.78 is 43.3. The molecule has 0 aromatic heterocycles. The molecule has 4 N–H and O–H groups in total. The highest BCUT2D eigenvalue weighted by Gasteiger charge is 2.23. The molecule has 9 nitrogen and oxygen atoms in total. The van der Waals surface area contributed by atoms with Crippen molar-refractivity contribution in [2.24, 2.45) is 0 Å². The summed E-state index contributed by atoms with van der Waals surface area (Å²) in [6.45, 7) is 3.82. The third-order valence-electron chi connectivity index (χ3n) is 4.81. The molecule has 0 saturated heterocycles. The summed E-state index contributed by atoms with van der Waals surface area (Å²) in [4.78, 5) is 35.3. The maximum Gasteiger partial charge on any atom is 0.805 e. The summed E-state index contributed by atoms with van der Waals surface area (Å²) in [5.74, 6) is 1.18. The van der Waals surface area contributed by atoms with Gasteiger partial charge in [-0.3, -0.25) is 9.13 Å². The molecule has 0 bridgehead atoms. The summed E-state index contributed by atoms with van der Waals surface area (Å²) in [5, 5.41) is 0.208. The Kier molecular flexibility index (Phi) is 12.7. The first-order valence-corrected chi connectivity index (χ1v) is 15.9. The van der Waals surface area contributed by atoms with E-state index in [1.807, 2.05) is 26.0 Å². The third kappa shape index (κ3) is 12.1. The molecule has 4 aromatic rings. The second kappa shape index (κ2) is 15.5. The zero-order valence-corrected chi connectivity index (χ0v) is 23.9. The van der Waals surface area contributed by atoms with Gasteiger partial charge >= 0.3 is 23.4 Å². The molecule has 0 saturated carbocycles. The maximum atomic E-state index is 11.5. The fraction of sp³-hybridized carbons (Fsp3) is 0.111. The molecule has 0 atom stereocenters. The number of para-hydroxylation sites is 2. The van der Waals surface area contributed by atoms with Crippen LogP contribution in [0.5, 0.6) is 11.5 Å². The molecule has 0 unspecified atom stereocenters. The lowest BCUT2D eigenvalue weighted by atomic mass is 10.0. The first kappa shape index (κ1) is 32.1. The van der Waals surface area contributed by atoms with Gasteiger partial charge in [0.15, 0.2) is 11.5 Å². The Morgan fingerprint density at radius 3 is 1.31 bits per heavy atom. The first-order valence-electron chi connectivity index (χ1n) is 11.6. The Hall–Kier alpha value is -3.12. The van der Waals surface area contributed by atoms with E-state index in [9.17, 15) is 13.7 Å². The molecule has 12 heteroatoms. The molecule has 0 aliphatic heterocycles. The first-order chi connectivity index (χ1) is 18.4. The van der Waals surface area contributed by atoms with Crippen LogP contribution >= 0.6 is 23.4 Å². The second-order valence-corrected chi connectivity index (χ2v) is 12.2. The van der Waals surface area contributed by atoms with Gasteiger partial charge in [-0.15, -0.1) is 0 Å². The van der Waals surface area contributed by atoms with Crippen molar-refractivity contribution < 1.29 is 42.3 Å². The Bertz CT molecular complexity index is 1340. The predicted octanol–water partition coefficient (Wildman–Crippen LogP) is 5.90. The molecule has 0 aliphatic rings. The molecule has 206 valence electrons. The van der Waals surface area contributed by atoms with Crippen molar-refractivity contribution in [2.45, 2.75) is 19.8 Å². The monoisotopic (exact) mass is 591 g/mol. The third-order valence-corrected chi connectivity index (χ3v) is 7.54. The van der Waals surface area contributed by atoms with Crippen LogP contribution in [0, 0.1) is 0 Å². The summed E-state index contributed by atoms with van der Waals surface area (Å²) >= 11 is 0. The van der Waals surface area contributed by atoms with Gasteiger partial charge in [-0.2, -0.15) is 0 Å². The van der Waals surface area contributed by atoms with Crippen molar-refractivity contribution >= 4 is 34.1 Å². The molecule has 4 rings (SSSR count). The van der Waals surface area contributed by atoms with Crippen molar-refractivity contribution in [2.75, 3.05) is 0 Å². The smallest absolute Gasteiger partial charge is 0.321 e. The van der Waals surface area contributed by atoms with E-state index in [2.05, 4.69) is 0 Å². The minimum atomic E-state index is -4.11. The topological polar surface area (TPSA) is 151 Å². The average Bonchev–Trinajstić information content (AvgIpc) is 2.90. The van der Waals surface area contributed by atoms with Gasteiger partial charge < -0.3 is 19.6 Å². The van der Waals surface area contributed by atoms with Crippen LogP contribution in [0.3, 0.4) is 0 Å². The van der Waals surface area contributed by atoms with Crippen LogP contribution in [0.2, 0.25) is 0 Å². The van der Waals surface area contributed by atoms with Gasteiger partial charge in [-0.25, -0.2) is 9.05 Å². The molecule has 4 aromatic carbocycles. The van der Waals surface area contributed by atoms with Crippen molar-refractivity contribution in [1.29, 1.82) is 0 Å². The fourth-order valence-corrected chi connectivity index (χ4v) is 5.15. The van der Waals surface area contributed by atoms with Crippen LogP contribution in [-0.2, 0) is 13.7 Å². The molecule has 0 heterocycles. The van der Waals surface area contributed by atoms with Gasteiger partial charge in [0, 0.05) is 4.57 Å². The number of benzene rings is 4. The van der Waals surface area contributed by atoms with Crippen molar-refractivity contribution in [3.63, 3.8) is 0 Å². The predicted molar refractivity (Wildman–Crippen MR) is 152 cm³/mol. The molecule has 0 spiro atoms. The highest BCUT2D eigenvalue weighted by molar-refractivity contribution is 7.60. The van der Waals surface area contributed by atoms with Gasteiger partial charge in [0.1, 0.15) is 0 Å². The zero-order chi connectivity index (χ0) is 28.9. The lowest BCUT2D eigenvalue weighted by molar-refractivity contribution is 0.385. The lowest BCUT2D eigenvalue weighted by Crippen LogP contribution is -2.11. The van der Waals surface area contributed by atoms with Crippen molar-refractivity contribution in [3.05, 3.63) is 121 Å². The van der Waals surface area contributed by atoms with Gasteiger partial charge in [0.25, 0.3) is 0 Å². The van der Waals surface area contributed by atoms with Crippen LogP contribution in [-0.4, -0.2) is 19.6 Å². The van der Waals surface area contributed by atoms with Gasteiger partial charge in [-0.05, 0) is 53.9 Å². The molecule has 0 aliphatic carbocycles. The molecule has 0 fully saturated rings. The highest BCUT2D eigenvalue weighted by Crippen LogP contribution is 2.36. The van der Waals surface area contributed by atoms with E-state index in [-0.39, 0.29) is 16.5 Å². The quantitative estimate of drug-likeness (QED) is 0.193. The van der Waals surface area contributed by atoms with E-state index in [4.69, 9.17) is 28.6 Å². The van der Waals surface area contributed by atoms with Crippen molar-refractivity contribution in [1.82, 2.24) is 0 Å². The molecule has 0 radical (unpaired) electrons. The second-order valence-electron chi connectivity index (χ2n) is 8.17. The molecule has 39 heavy (non-hydrogen) atoms. The maximum absolute atomic E-state index is 11.5. The van der Waals surface area contributed by atoms with Gasteiger partial charge in [0.05, 0.1) is 10.6 Å². The summed E-state index contributed by atoms with van der Waals surface area (Å²) in [6.07, 6.45) is 0. The van der Waals surface area contributed by atoms with Gasteiger partial charge in [0.2, 0.25) is 0 Å². The van der Waals surface area contributed by atoms with E-state index in [0.29, 0.717) is 11.5 Å². The Morgan fingerprint density at radius 1 is 0.590 bits per heavy atom. The van der Waals surface area contributed by atoms with E-state index in [1.54, 1.807) is 84.9 Å². The van der Waals surface area contributed by atoms with Gasteiger partial charge in [-0.1, -0.05) is 86.6 Å². The SMILES string of the molecule is CC(C)c1ccccc1P(=O)(O)O.O=P(O)(O)c1ccccc1.O=[P+](Oc1ccccc1)Oc1ccccc1. The van der Waals surface area contributed by atoms with Crippen LogP contribution in [0.4, 0.5) is 0 Å². The van der Waals surface area contributed by atoms with Crippen LogP contribution in [0.1, 0.15) is 25.3 Å². The van der Waals surface area contributed by atoms with E-state index < -0.39 is 23.4 Å². The standard InChI is InChI=1S/C12H10O3P.C9H13O3P.C6H7O3P/c13-16(14-11-7-3-1-4-8-11)15-12-9-5-2-6-10-12;1-7(2)8-5-3-4-6-9(8)13(10,11)12;7-10(8,9)6-4-2-1-3-5-6/h1-10H;3-7H,1-2H3,(H2,10,11,12);1-5H,(H2,7,8,9)/q+1;;. The highest BCUT2D eigenvalue weighted by atomic mass is 31.2. The van der Waals surface area contributed by atoms with Crippen molar-refractivity contribution in [3.8, 4) is 11.5 Å². The molecular formula is C27H30O9P3+. The fourth-order valence-electron chi connectivity index (χ4n) is 3.02. The van der Waals surface area contributed by atoms with E-state index in [0.717, 1.165) is 5.56 Å². The number of rotatable bonds is 7. The number of hydrogen-bond donors (Lipinski definition) is 4. The Balaban J connectivity index is 0.000000211. The van der Waals surface area contributed by atoms with Crippen LogP contribution in [0.25, 0.3) is 0 Å². The number of hydrogen-bond acceptors (Lipinski definition) is 5. The lowest BCUT2D eigenvalue weighted by Gasteiger charge is -2.12. The Morgan fingerprint density at radius 2 is 0.974 bits per heavy atom. The molecule has 0 amide bonds. The zero-order valence-electron chi connectivity index (χ0n) is 21.2. The summed E-state index contributed by atoms with van der Waals surface area (Å²) in [5.41, 5.74) is 0.718. The van der Waals surface area contributed by atoms with Crippen LogP contribution < -0.4 is 19.7 Å². The largest absolute Gasteiger partial charge is 0.805 e. The summed E-state index contributed by atoms with van der Waals surface area (Å²) in [7, 11) is -10.3. The minimum absolute atomic E-state index is 0.0648. The molecular weight excluding hydrogens is 561 g/mol. The van der Waals surface area contributed by atoms with E-state index >= 15 is 0 Å². The minimum Gasteiger partial charge on any atom is -0.321 e. The van der Waals surface area contributed by atoms with Crippen LogP contribution in [0.15, 0.2) is 115 Å². The normalized spacial score (nSPS) is 10.8. The average molecular weight is 591 g/mol.